The fourth-order valence-electron chi connectivity index (χ4n) is 3.43. The predicted molar refractivity (Wildman–Crippen MR) is 104 cm³/mol. The number of benzene rings is 1. The Kier molecular flexibility index (Phi) is 6.43. The van der Waals surface area contributed by atoms with E-state index in [1.165, 1.54) is 13.8 Å². The average Bonchev–Trinajstić information content (AvgIpc) is 3.17. The van der Waals surface area contributed by atoms with Gasteiger partial charge in [-0.3, -0.25) is 9.69 Å². The van der Waals surface area contributed by atoms with Crippen LogP contribution in [0.3, 0.4) is 0 Å². The van der Waals surface area contributed by atoms with Crippen molar-refractivity contribution in [3.63, 3.8) is 0 Å². The lowest BCUT2D eigenvalue weighted by atomic mass is 9.85. The molecule has 0 saturated carbocycles. The first-order valence-electron chi connectivity index (χ1n) is 9.34. The summed E-state index contributed by atoms with van der Waals surface area (Å²) >= 11 is 0.201. The van der Waals surface area contributed by atoms with E-state index in [0.29, 0.717) is 0 Å². The zero-order chi connectivity index (χ0) is 24.8. The van der Waals surface area contributed by atoms with Crippen molar-refractivity contribution < 1.29 is 44.3 Å². The van der Waals surface area contributed by atoms with Crippen LogP contribution in [0.5, 0.6) is 5.75 Å². The van der Waals surface area contributed by atoms with E-state index >= 15 is 0 Å². The molecule has 1 aromatic heterocycles. The Labute approximate surface area is 188 Å². The number of halogens is 6. The van der Waals surface area contributed by atoms with E-state index in [-0.39, 0.29) is 35.9 Å². The first kappa shape index (κ1) is 25.2. The fourth-order valence-corrected chi connectivity index (χ4v) is 5.96. The number of rotatable bonds is 5. The van der Waals surface area contributed by atoms with Gasteiger partial charge in [-0.25, -0.2) is 8.42 Å². The number of piperidine rings is 1. The molecule has 2 aromatic rings. The van der Waals surface area contributed by atoms with E-state index in [2.05, 4.69) is 14.9 Å². The van der Waals surface area contributed by atoms with Crippen molar-refractivity contribution >= 4 is 32.2 Å². The van der Waals surface area contributed by atoms with E-state index in [0.717, 1.165) is 29.2 Å². The van der Waals surface area contributed by atoms with Gasteiger partial charge in [0.2, 0.25) is 16.0 Å². The third kappa shape index (κ3) is 5.23. The monoisotopic (exact) mass is 517 g/mol. The van der Waals surface area contributed by atoms with Crippen LogP contribution in [-0.4, -0.2) is 42.2 Å². The number of carbonyl (C=O) groups is 1. The summed E-state index contributed by atoms with van der Waals surface area (Å²) in [5.74, 6) is -2.09. The van der Waals surface area contributed by atoms with E-state index in [4.69, 9.17) is 0 Å². The normalized spacial score (nSPS) is 18.5. The molecule has 0 N–H and O–H groups in total. The zero-order valence-electron chi connectivity index (χ0n) is 17.1. The number of nitrogens with zero attached hydrogens (tertiary/aromatic N) is 3. The Bertz CT molecular complexity index is 1140. The molecule has 182 valence electrons. The van der Waals surface area contributed by atoms with Gasteiger partial charge in [0.05, 0.1) is 9.64 Å². The van der Waals surface area contributed by atoms with Gasteiger partial charge in [-0.15, -0.1) is 23.4 Å². The summed E-state index contributed by atoms with van der Waals surface area (Å²) in [6, 6.07) is 3.93. The van der Waals surface area contributed by atoms with Gasteiger partial charge in [0.15, 0.2) is 9.84 Å². The fraction of sp³-hybridized carbons (Fsp3) is 0.500. The molecule has 0 radical (unpaired) electrons. The molecular formula is C18H17F6N3O4S2. The van der Waals surface area contributed by atoms with Crippen molar-refractivity contribution in [3.8, 4) is 5.75 Å². The topological polar surface area (TPSA) is 89.5 Å². The summed E-state index contributed by atoms with van der Waals surface area (Å²) in [5.41, 5.74) is 0. The Morgan fingerprint density at radius 2 is 1.79 bits per heavy atom. The molecule has 0 aliphatic carbocycles. The lowest BCUT2D eigenvalue weighted by Gasteiger charge is -2.38. The Morgan fingerprint density at radius 3 is 2.33 bits per heavy atom. The van der Waals surface area contributed by atoms with Gasteiger partial charge in [-0.05, 0) is 44.4 Å². The van der Waals surface area contributed by atoms with Gasteiger partial charge in [0.1, 0.15) is 5.75 Å². The van der Waals surface area contributed by atoms with Crippen LogP contribution >= 0.6 is 11.3 Å². The van der Waals surface area contributed by atoms with Crippen molar-refractivity contribution in [1.29, 1.82) is 0 Å². The Morgan fingerprint density at radius 1 is 1.12 bits per heavy atom. The van der Waals surface area contributed by atoms with Crippen LogP contribution in [0.4, 0.5) is 31.5 Å². The molecule has 7 nitrogen and oxygen atoms in total. The van der Waals surface area contributed by atoms with Crippen LogP contribution in [0.2, 0.25) is 0 Å². The maximum atomic E-state index is 13.2. The third-order valence-corrected chi connectivity index (χ3v) is 8.92. The van der Waals surface area contributed by atoms with Crippen molar-refractivity contribution in [2.75, 3.05) is 11.4 Å². The number of ether oxygens (including phenoxy) is 1. The minimum absolute atomic E-state index is 0.0911. The number of hydrogen-bond donors (Lipinski definition) is 0. The van der Waals surface area contributed by atoms with Crippen LogP contribution in [0.15, 0.2) is 29.2 Å². The first-order valence-corrected chi connectivity index (χ1v) is 11.6. The molecule has 33 heavy (non-hydrogen) atoms. The molecule has 0 unspecified atom stereocenters. The van der Waals surface area contributed by atoms with Crippen molar-refractivity contribution in [2.45, 2.75) is 48.9 Å². The van der Waals surface area contributed by atoms with E-state index in [1.54, 1.807) is 0 Å². The summed E-state index contributed by atoms with van der Waals surface area (Å²) in [4.78, 5) is 13.2. The molecule has 1 aromatic carbocycles. The van der Waals surface area contributed by atoms with E-state index < -0.39 is 54.6 Å². The number of alkyl halides is 6. The first-order chi connectivity index (χ1) is 15.0. The molecule has 1 aliphatic heterocycles. The summed E-state index contributed by atoms with van der Waals surface area (Å²) in [6.45, 7) is 2.60. The second-order valence-corrected chi connectivity index (χ2v) is 11.2. The zero-order valence-corrected chi connectivity index (χ0v) is 18.7. The van der Waals surface area contributed by atoms with Crippen LogP contribution in [0.25, 0.3) is 0 Å². The number of anilines is 1. The van der Waals surface area contributed by atoms with Crippen LogP contribution in [-0.2, 0) is 20.8 Å². The highest BCUT2D eigenvalue weighted by Crippen LogP contribution is 2.41. The largest absolute Gasteiger partial charge is 0.573 e. The Balaban J connectivity index is 1.80. The van der Waals surface area contributed by atoms with Crippen LogP contribution in [0, 0.1) is 5.92 Å². The summed E-state index contributed by atoms with van der Waals surface area (Å²) in [6.07, 6.45) is -9.92. The van der Waals surface area contributed by atoms with Crippen LogP contribution < -0.4 is 9.64 Å². The highest BCUT2D eigenvalue weighted by molar-refractivity contribution is 7.92. The van der Waals surface area contributed by atoms with Gasteiger partial charge < -0.3 is 4.74 Å². The van der Waals surface area contributed by atoms with Crippen LogP contribution in [0.1, 0.15) is 31.7 Å². The maximum Gasteiger partial charge on any atom is 0.573 e. The molecule has 15 heteroatoms. The highest BCUT2D eigenvalue weighted by Gasteiger charge is 2.47. The van der Waals surface area contributed by atoms with Crippen molar-refractivity contribution in [2.24, 2.45) is 5.92 Å². The second kappa shape index (κ2) is 8.42. The molecule has 3 rings (SSSR count). The molecule has 1 atom stereocenters. The standard InChI is InChI=1S/C18H17F6N3O4S2/c1-16(2,33(29,30)12-5-3-4-11(9-12)31-18(22,23)24)10-6-7-27(13(28)8-10)15-26-25-14(32-15)17(19,20)21/h3-5,9-10H,6-8H2,1-2H3/t10-/m0/s1. The Hall–Kier alpha value is -2.42. The molecular weight excluding hydrogens is 500 g/mol. The van der Waals surface area contributed by atoms with Gasteiger partial charge in [-0.2, -0.15) is 13.2 Å². The summed E-state index contributed by atoms with van der Waals surface area (Å²) in [7, 11) is -4.23. The molecule has 0 spiro atoms. The number of sulfone groups is 1. The van der Waals surface area contributed by atoms with Gasteiger partial charge in [0.25, 0.3) is 0 Å². The number of hydrogen-bond acceptors (Lipinski definition) is 7. The van der Waals surface area contributed by atoms with Gasteiger partial charge >= 0.3 is 12.5 Å². The average molecular weight is 517 g/mol. The highest BCUT2D eigenvalue weighted by atomic mass is 32.2. The molecule has 1 fully saturated rings. The molecule has 1 amide bonds. The van der Waals surface area contributed by atoms with E-state index in [1.807, 2.05) is 0 Å². The number of carbonyl (C=O) groups excluding carboxylic acids is 1. The summed E-state index contributed by atoms with van der Waals surface area (Å²) < 4.78 is 104. The minimum atomic E-state index is -5.01. The van der Waals surface area contributed by atoms with Crippen molar-refractivity contribution in [3.05, 3.63) is 29.3 Å². The lowest BCUT2D eigenvalue weighted by molar-refractivity contribution is -0.274. The predicted octanol–water partition coefficient (Wildman–Crippen LogP) is 4.45. The lowest BCUT2D eigenvalue weighted by Crippen LogP contribution is -2.48. The third-order valence-electron chi connectivity index (χ3n) is 5.34. The molecule has 1 aliphatic rings. The minimum Gasteiger partial charge on any atom is -0.406 e. The quantitative estimate of drug-likeness (QED) is 0.545. The SMILES string of the molecule is CC(C)([C@H]1CCN(c2nnc(C(F)(F)F)s2)C(=O)C1)S(=O)(=O)c1cccc(OC(F)(F)F)c1. The maximum absolute atomic E-state index is 13.2. The number of amides is 1. The summed E-state index contributed by atoms with van der Waals surface area (Å²) in [5, 5.41) is 4.99. The second-order valence-electron chi connectivity index (χ2n) is 7.75. The van der Waals surface area contributed by atoms with Gasteiger partial charge in [0, 0.05) is 13.0 Å². The molecule has 1 saturated heterocycles. The van der Waals surface area contributed by atoms with E-state index in [9.17, 15) is 39.6 Å². The van der Waals surface area contributed by atoms with Gasteiger partial charge in [-0.1, -0.05) is 17.4 Å². The number of aromatic nitrogens is 2. The molecule has 2 heterocycles. The smallest absolute Gasteiger partial charge is 0.406 e. The van der Waals surface area contributed by atoms with Crippen molar-refractivity contribution in [1.82, 2.24) is 10.2 Å². The molecule has 0 bridgehead atoms.